The summed E-state index contributed by atoms with van der Waals surface area (Å²) < 4.78 is 0. The number of hydrogen-bond donors (Lipinski definition) is 2. The van der Waals surface area contributed by atoms with Crippen LogP contribution in [-0.4, -0.2) is 16.7 Å². The highest BCUT2D eigenvalue weighted by Crippen LogP contribution is 2.46. The number of hydrogen-bond acceptors (Lipinski definition) is 2. The SMILES string of the molecule is NCC1(Cc2ccn[nH]2)CC1. The van der Waals surface area contributed by atoms with Crippen molar-refractivity contribution < 1.29 is 0 Å². The van der Waals surface area contributed by atoms with Crippen molar-refractivity contribution in [2.45, 2.75) is 19.3 Å². The van der Waals surface area contributed by atoms with Crippen LogP contribution in [0, 0.1) is 5.41 Å². The molecule has 1 aromatic heterocycles. The van der Waals surface area contributed by atoms with Gasteiger partial charge in [0.2, 0.25) is 0 Å². The Morgan fingerprint density at radius 2 is 2.45 bits per heavy atom. The van der Waals surface area contributed by atoms with Gasteiger partial charge in [0, 0.05) is 11.9 Å². The van der Waals surface area contributed by atoms with Gasteiger partial charge in [0.1, 0.15) is 0 Å². The van der Waals surface area contributed by atoms with Crippen LogP contribution < -0.4 is 5.73 Å². The molecule has 3 N–H and O–H groups in total. The van der Waals surface area contributed by atoms with Crippen molar-refractivity contribution >= 4 is 0 Å². The Morgan fingerprint density at radius 3 is 2.91 bits per heavy atom. The van der Waals surface area contributed by atoms with Crippen LogP contribution >= 0.6 is 0 Å². The smallest absolute Gasteiger partial charge is 0.0490 e. The Morgan fingerprint density at radius 1 is 1.64 bits per heavy atom. The predicted octanol–water partition coefficient (Wildman–Crippen LogP) is 0.691. The number of aromatic nitrogens is 2. The number of aromatic amines is 1. The highest BCUT2D eigenvalue weighted by atomic mass is 15.1. The molecule has 1 aliphatic rings. The molecular formula is C8H13N3. The Labute approximate surface area is 66.0 Å². The van der Waals surface area contributed by atoms with Gasteiger partial charge in [-0.3, -0.25) is 5.10 Å². The average Bonchev–Trinajstić information content (AvgIpc) is 2.59. The van der Waals surface area contributed by atoms with E-state index in [1.165, 1.54) is 18.5 Å². The normalized spacial score (nSPS) is 20.1. The van der Waals surface area contributed by atoms with E-state index in [-0.39, 0.29) is 0 Å². The van der Waals surface area contributed by atoms with Crippen LogP contribution in [0.5, 0.6) is 0 Å². The second-order valence-electron chi connectivity index (χ2n) is 3.46. The summed E-state index contributed by atoms with van der Waals surface area (Å²) in [4.78, 5) is 0. The number of nitrogens with one attached hydrogen (secondary N) is 1. The van der Waals surface area contributed by atoms with Crippen LogP contribution in [-0.2, 0) is 6.42 Å². The van der Waals surface area contributed by atoms with Gasteiger partial charge in [0.25, 0.3) is 0 Å². The van der Waals surface area contributed by atoms with Crippen molar-refractivity contribution in [2.24, 2.45) is 11.1 Å². The quantitative estimate of drug-likeness (QED) is 0.667. The molecule has 0 aliphatic heterocycles. The number of H-pyrrole nitrogens is 1. The lowest BCUT2D eigenvalue weighted by Gasteiger charge is -2.08. The molecule has 1 aliphatic carbocycles. The number of rotatable bonds is 3. The highest BCUT2D eigenvalue weighted by molar-refractivity contribution is 5.07. The molecule has 11 heavy (non-hydrogen) atoms. The number of nitrogens with zero attached hydrogens (tertiary/aromatic N) is 1. The average molecular weight is 151 g/mol. The van der Waals surface area contributed by atoms with Gasteiger partial charge in [-0.25, -0.2) is 0 Å². The maximum atomic E-state index is 5.65. The largest absolute Gasteiger partial charge is 0.330 e. The molecule has 1 aromatic rings. The summed E-state index contributed by atoms with van der Waals surface area (Å²) in [5.41, 5.74) is 7.29. The van der Waals surface area contributed by atoms with E-state index in [0.29, 0.717) is 5.41 Å². The summed E-state index contributed by atoms with van der Waals surface area (Å²) in [6.07, 6.45) is 5.43. The summed E-state index contributed by atoms with van der Waals surface area (Å²) in [5, 5.41) is 6.86. The van der Waals surface area contributed by atoms with E-state index < -0.39 is 0 Å². The lowest BCUT2D eigenvalue weighted by atomic mass is 10.0. The minimum absolute atomic E-state index is 0.423. The monoisotopic (exact) mass is 151 g/mol. The molecule has 3 heteroatoms. The van der Waals surface area contributed by atoms with Gasteiger partial charge in [-0.15, -0.1) is 0 Å². The molecule has 60 valence electrons. The first kappa shape index (κ1) is 6.85. The molecule has 1 saturated carbocycles. The third-order valence-electron chi connectivity index (χ3n) is 2.51. The fraction of sp³-hybridized carbons (Fsp3) is 0.625. The molecule has 0 bridgehead atoms. The first-order valence-corrected chi connectivity index (χ1v) is 4.03. The molecule has 0 saturated heterocycles. The molecule has 0 unspecified atom stereocenters. The van der Waals surface area contributed by atoms with Gasteiger partial charge in [-0.1, -0.05) is 0 Å². The van der Waals surface area contributed by atoms with Crippen molar-refractivity contribution in [1.82, 2.24) is 10.2 Å². The van der Waals surface area contributed by atoms with Crippen LogP contribution in [0.3, 0.4) is 0 Å². The lowest BCUT2D eigenvalue weighted by Crippen LogP contribution is -2.18. The summed E-state index contributed by atoms with van der Waals surface area (Å²) in [6, 6.07) is 2.02. The summed E-state index contributed by atoms with van der Waals surface area (Å²) >= 11 is 0. The van der Waals surface area contributed by atoms with Crippen LogP contribution in [0.2, 0.25) is 0 Å². The Balaban J connectivity index is 2.01. The zero-order chi connectivity index (χ0) is 7.73. The van der Waals surface area contributed by atoms with Gasteiger partial charge in [0.15, 0.2) is 0 Å². The summed E-state index contributed by atoms with van der Waals surface area (Å²) in [6.45, 7) is 0.812. The van der Waals surface area contributed by atoms with E-state index in [2.05, 4.69) is 10.2 Å². The second kappa shape index (κ2) is 2.34. The van der Waals surface area contributed by atoms with Crippen LogP contribution in [0.1, 0.15) is 18.5 Å². The first-order valence-electron chi connectivity index (χ1n) is 4.03. The van der Waals surface area contributed by atoms with Crippen LogP contribution in [0.4, 0.5) is 0 Å². The van der Waals surface area contributed by atoms with E-state index in [1.807, 2.05) is 6.07 Å². The third kappa shape index (κ3) is 1.28. The fourth-order valence-electron chi connectivity index (χ4n) is 1.42. The summed E-state index contributed by atoms with van der Waals surface area (Å²) in [5.74, 6) is 0. The van der Waals surface area contributed by atoms with Crippen LogP contribution in [0.25, 0.3) is 0 Å². The van der Waals surface area contributed by atoms with E-state index in [0.717, 1.165) is 13.0 Å². The molecular weight excluding hydrogens is 138 g/mol. The Hall–Kier alpha value is -0.830. The third-order valence-corrected chi connectivity index (χ3v) is 2.51. The molecule has 0 aromatic carbocycles. The Kier molecular flexibility index (Phi) is 1.46. The zero-order valence-corrected chi connectivity index (χ0v) is 6.51. The molecule has 0 atom stereocenters. The molecule has 0 radical (unpaired) electrons. The van der Waals surface area contributed by atoms with Crippen molar-refractivity contribution in [3.63, 3.8) is 0 Å². The fourth-order valence-corrected chi connectivity index (χ4v) is 1.42. The maximum absolute atomic E-state index is 5.65. The standard InChI is InChI=1S/C8H13N3/c9-6-8(2-3-8)5-7-1-4-10-11-7/h1,4H,2-3,5-6,9H2,(H,10,11). The topological polar surface area (TPSA) is 54.7 Å². The predicted molar refractivity (Wildman–Crippen MR) is 43.0 cm³/mol. The molecule has 0 spiro atoms. The lowest BCUT2D eigenvalue weighted by molar-refractivity contribution is 0.513. The van der Waals surface area contributed by atoms with Gasteiger partial charge < -0.3 is 5.73 Å². The van der Waals surface area contributed by atoms with Crippen LogP contribution in [0.15, 0.2) is 12.3 Å². The van der Waals surface area contributed by atoms with Gasteiger partial charge >= 0.3 is 0 Å². The first-order chi connectivity index (χ1) is 5.35. The maximum Gasteiger partial charge on any atom is 0.0490 e. The highest BCUT2D eigenvalue weighted by Gasteiger charge is 2.41. The van der Waals surface area contributed by atoms with Gasteiger partial charge in [-0.2, -0.15) is 5.10 Å². The van der Waals surface area contributed by atoms with Crippen molar-refractivity contribution in [1.29, 1.82) is 0 Å². The Bertz CT molecular complexity index is 223. The van der Waals surface area contributed by atoms with E-state index in [4.69, 9.17) is 5.73 Å². The minimum atomic E-state index is 0.423. The number of nitrogens with two attached hydrogens (primary N) is 1. The van der Waals surface area contributed by atoms with Gasteiger partial charge in [0.05, 0.1) is 0 Å². The molecule has 0 amide bonds. The molecule has 1 fully saturated rings. The molecule has 1 heterocycles. The van der Waals surface area contributed by atoms with E-state index in [9.17, 15) is 0 Å². The zero-order valence-electron chi connectivity index (χ0n) is 6.51. The van der Waals surface area contributed by atoms with Gasteiger partial charge in [-0.05, 0) is 37.3 Å². The second-order valence-corrected chi connectivity index (χ2v) is 3.46. The van der Waals surface area contributed by atoms with Crippen molar-refractivity contribution in [2.75, 3.05) is 6.54 Å². The molecule has 3 nitrogen and oxygen atoms in total. The van der Waals surface area contributed by atoms with E-state index in [1.54, 1.807) is 6.20 Å². The molecule has 2 rings (SSSR count). The van der Waals surface area contributed by atoms with E-state index >= 15 is 0 Å². The summed E-state index contributed by atoms with van der Waals surface area (Å²) in [7, 11) is 0. The van der Waals surface area contributed by atoms with Crippen molar-refractivity contribution in [3.05, 3.63) is 18.0 Å². The minimum Gasteiger partial charge on any atom is -0.330 e. The van der Waals surface area contributed by atoms with Crippen molar-refractivity contribution in [3.8, 4) is 0 Å².